The predicted molar refractivity (Wildman–Crippen MR) is 62.6 cm³/mol. The summed E-state index contributed by atoms with van der Waals surface area (Å²) in [5, 5.41) is 7.03. The molecule has 1 aliphatic carbocycles. The summed E-state index contributed by atoms with van der Waals surface area (Å²) in [6.45, 7) is 8.16. The van der Waals surface area contributed by atoms with E-state index in [1.54, 1.807) is 0 Å². The van der Waals surface area contributed by atoms with Crippen LogP contribution in [0.3, 0.4) is 0 Å². The lowest BCUT2D eigenvalue weighted by molar-refractivity contribution is 0.482. The zero-order chi connectivity index (χ0) is 10.2. The van der Waals surface area contributed by atoms with Gasteiger partial charge >= 0.3 is 0 Å². The Labute approximate surface area is 88.8 Å². The molecule has 0 aromatic carbocycles. The lowest BCUT2D eigenvalue weighted by atomic mass is 10.1. The molecular formula is C12H26N2. The van der Waals surface area contributed by atoms with Crippen molar-refractivity contribution in [3.05, 3.63) is 0 Å². The molecule has 1 rings (SSSR count). The van der Waals surface area contributed by atoms with Gasteiger partial charge in [-0.1, -0.05) is 20.3 Å². The summed E-state index contributed by atoms with van der Waals surface area (Å²) in [4.78, 5) is 0. The molecule has 0 aromatic heterocycles. The first-order valence-electron chi connectivity index (χ1n) is 6.27. The maximum atomic E-state index is 3.53. The minimum Gasteiger partial charge on any atom is -0.317 e. The van der Waals surface area contributed by atoms with Gasteiger partial charge in [-0.25, -0.2) is 0 Å². The Hall–Kier alpha value is -0.0800. The SMILES string of the molecule is CCC(C)CCNCCCNC1CC1. The molecule has 0 amide bonds. The van der Waals surface area contributed by atoms with Gasteiger partial charge in [-0.15, -0.1) is 0 Å². The zero-order valence-corrected chi connectivity index (χ0v) is 9.81. The molecule has 2 nitrogen and oxygen atoms in total. The molecule has 0 saturated heterocycles. The van der Waals surface area contributed by atoms with Crippen LogP contribution >= 0.6 is 0 Å². The van der Waals surface area contributed by atoms with Gasteiger partial charge in [0.05, 0.1) is 0 Å². The van der Waals surface area contributed by atoms with Crippen LogP contribution in [0.2, 0.25) is 0 Å². The van der Waals surface area contributed by atoms with Gasteiger partial charge in [0.2, 0.25) is 0 Å². The van der Waals surface area contributed by atoms with Crippen molar-refractivity contribution in [2.45, 2.75) is 52.0 Å². The lowest BCUT2D eigenvalue weighted by Gasteiger charge is -2.09. The summed E-state index contributed by atoms with van der Waals surface area (Å²) in [7, 11) is 0. The molecule has 1 aliphatic rings. The first-order valence-corrected chi connectivity index (χ1v) is 6.27. The highest BCUT2D eigenvalue weighted by molar-refractivity contribution is 4.80. The second-order valence-corrected chi connectivity index (χ2v) is 4.63. The summed E-state index contributed by atoms with van der Waals surface area (Å²) in [5.41, 5.74) is 0. The van der Waals surface area contributed by atoms with Crippen LogP contribution in [0.25, 0.3) is 0 Å². The van der Waals surface area contributed by atoms with E-state index >= 15 is 0 Å². The minimum atomic E-state index is 0.870. The highest BCUT2D eigenvalue weighted by Crippen LogP contribution is 2.18. The van der Waals surface area contributed by atoms with Crippen LogP contribution in [-0.4, -0.2) is 25.7 Å². The fourth-order valence-electron chi connectivity index (χ4n) is 1.48. The molecular weight excluding hydrogens is 172 g/mol. The van der Waals surface area contributed by atoms with E-state index in [1.165, 1.54) is 51.7 Å². The van der Waals surface area contributed by atoms with Gasteiger partial charge in [-0.2, -0.15) is 0 Å². The largest absolute Gasteiger partial charge is 0.317 e. The maximum Gasteiger partial charge on any atom is 0.00682 e. The van der Waals surface area contributed by atoms with Crippen molar-refractivity contribution < 1.29 is 0 Å². The third kappa shape index (κ3) is 6.39. The van der Waals surface area contributed by atoms with Gasteiger partial charge in [0.15, 0.2) is 0 Å². The van der Waals surface area contributed by atoms with Crippen LogP contribution in [0.1, 0.15) is 46.0 Å². The van der Waals surface area contributed by atoms with E-state index in [1.807, 2.05) is 0 Å². The molecule has 0 aliphatic heterocycles. The Morgan fingerprint density at radius 1 is 1.21 bits per heavy atom. The van der Waals surface area contributed by atoms with Gasteiger partial charge in [-0.3, -0.25) is 0 Å². The molecule has 1 fully saturated rings. The highest BCUT2D eigenvalue weighted by Gasteiger charge is 2.19. The van der Waals surface area contributed by atoms with Crippen molar-refractivity contribution in [1.29, 1.82) is 0 Å². The topological polar surface area (TPSA) is 24.1 Å². The van der Waals surface area contributed by atoms with Crippen LogP contribution in [0.15, 0.2) is 0 Å². The molecule has 0 radical (unpaired) electrons. The smallest absolute Gasteiger partial charge is 0.00682 e. The molecule has 1 atom stereocenters. The first-order chi connectivity index (χ1) is 6.83. The third-order valence-electron chi connectivity index (χ3n) is 3.05. The van der Waals surface area contributed by atoms with Crippen LogP contribution in [-0.2, 0) is 0 Å². The van der Waals surface area contributed by atoms with E-state index in [0.717, 1.165) is 12.0 Å². The van der Waals surface area contributed by atoms with Crippen LogP contribution in [0, 0.1) is 5.92 Å². The Morgan fingerprint density at radius 3 is 2.64 bits per heavy atom. The average molecular weight is 198 g/mol. The lowest BCUT2D eigenvalue weighted by Crippen LogP contribution is -2.24. The predicted octanol–water partition coefficient (Wildman–Crippen LogP) is 2.15. The number of hydrogen-bond acceptors (Lipinski definition) is 2. The van der Waals surface area contributed by atoms with Crippen molar-refractivity contribution in [3.8, 4) is 0 Å². The zero-order valence-electron chi connectivity index (χ0n) is 9.81. The molecule has 0 bridgehead atoms. The molecule has 2 N–H and O–H groups in total. The first kappa shape index (κ1) is 12.0. The molecule has 1 unspecified atom stereocenters. The van der Waals surface area contributed by atoms with E-state index in [4.69, 9.17) is 0 Å². The molecule has 2 heteroatoms. The molecule has 0 heterocycles. The van der Waals surface area contributed by atoms with Gasteiger partial charge < -0.3 is 10.6 Å². The minimum absolute atomic E-state index is 0.870. The standard InChI is InChI=1S/C12H26N2/c1-3-11(2)7-10-13-8-4-9-14-12-5-6-12/h11-14H,3-10H2,1-2H3. The summed E-state index contributed by atoms with van der Waals surface area (Å²) >= 11 is 0. The average Bonchev–Trinajstić information content (AvgIpc) is 2.99. The summed E-state index contributed by atoms with van der Waals surface area (Å²) in [6, 6.07) is 0.870. The Morgan fingerprint density at radius 2 is 2.00 bits per heavy atom. The number of hydrogen-bond donors (Lipinski definition) is 2. The Bertz CT molecular complexity index is 132. The van der Waals surface area contributed by atoms with Crippen molar-refractivity contribution in [2.24, 2.45) is 5.92 Å². The molecule has 0 spiro atoms. The second kappa shape index (κ2) is 7.24. The molecule has 1 saturated carbocycles. The molecule has 84 valence electrons. The van der Waals surface area contributed by atoms with Crippen LogP contribution in [0.5, 0.6) is 0 Å². The molecule has 0 aromatic rings. The monoisotopic (exact) mass is 198 g/mol. The number of rotatable bonds is 9. The highest BCUT2D eigenvalue weighted by atomic mass is 14.9. The van der Waals surface area contributed by atoms with Crippen molar-refractivity contribution in [3.63, 3.8) is 0 Å². The van der Waals surface area contributed by atoms with E-state index in [2.05, 4.69) is 24.5 Å². The Kier molecular flexibility index (Phi) is 6.20. The van der Waals surface area contributed by atoms with E-state index < -0.39 is 0 Å². The quantitative estimate of drug-likeness (QED) is 0.555. The fourth-order valence-corrected chi connectivity index (χ4v) is 1.48. The summed E-state index contributed by atoms with van der Waals surface area (Å²) < 4.78 is 0. The van der Waals surface area contributed by atoms with E-state index in [0.29, 0.717) is 0 Å². The molecule has 14 heavy (non-hydrogen) atoms. The summed E-state index contributed by atoms with van der Waals surface area (Å²) in [6.07, 6.45) is 6.72. The normalized spacial score (nSPS) is 18.4. The van der Waals surface area contributed by atoms with Gasteiger partial charge in [0.1, 0.15) is 0 Å². The van der Waals surface area contributed by atoms with Crippen molar-refractivity contribution >= 4 is 0 Å². The van der Waals surface area contributed by atoms with Crippen LogP contribution in [0.4, 0.5) is 0 Å². The van der Waals surface area contributed by atoms with Crippen LogP contribution < -0.4 is 10.6 Å². The maximum absolute atomic E-state index is 3.53. The Balaban J connectivity index is 1.70. The summed E-state index contributed by atoms with van der Waals surface area (Å²) in [5.74, 6) is 0.882. The van der Waals surface area contributed by atoms with Crippen molar-refractivity contribution in [2.75, 3.05) is 19.6 Å². The van der Waals surface area contributed by atoms with E-state index in [9.17, 15) is 0 Å². The van der Waals surface area contributed by atoms with Crippen molar-refractivity contribution in [1.82, 2.24) is 10.6 Å². The van der Waals surface area contributed by atoms with Gasteiger partial charge in [-0.05, 0) is 51.2 Å². The van der Waals surface area contributed by atoms with Gasteiger partial charge in [0, 0.05) is 6.04 Å². The third-order valence-corrected chi connectivity index (χ3v) is 3.05. The number of nitrogens with one attached hydrogen (secondary N) is 2. The van der Waals surface area contributed by atoms with E-state index in [-0.39, 0.29) is 0 Å². The fraction of sp³-hybridized carbons (Fsp3) is 1.00. The van der Waals surface area contributed by atoms with Gasteiger partial charge in [0.25, 0.3) is 0 Å². The second-order valence-electron chi connectivity index (χ2n) is 4.63.